The fraction of sp³-hybridized carbons (Fsp3) is 0.600. The van der Waals surface area contributed by atoms with Crippen molar-refractivity contribution in [3.63, 3.8) is 0 Å². The molecule has 120 valence electrons. The Labute approximate surface area is 127 Å². The first-order chi connectivity index (χ1) is 9.64. The highest BCUT2D eigenvalue weighted by Gasteiger charge is 2.24. The second-order valence-corrected chi connectivity index (χ2v) is 7.66. The van der Waals surface area contributed by atoms with Crippen molar-refractivity contribution in [2.75, 3.05) is 33.8 Å². The Morgan fingerprint density at radius 3 is 2.05 bits per heavy atom. The lowest BCUT2D eigenvalue weighted by atomic mass is 9.97. The molecule has 1 heterocycles. The molecule has 0 bridgehead atoms. The molecule has 1 aliphatic rings. The predicted octanol–water partition coefficient (Wildman–Crippen LogP) is 1.36. The number of quaternary nitrogens is 1. The number of likely N-dealkylation sites (tertiary alicyclic amines) is 1. The number of aliphatic hydroxyl groups is 1. The summed E-state index contributed by atoms with van der Waals surface area (Å²) in [4.78, 5) is -0.178. The third-order valence-electron chi connectivity index (χ3n) is 3.85. The Bertz CT molecular complexity index is 527. The molecule has 0 aliphatic carbocycles. The molecule has 0 atom stereocenters. The second-order valence-electron chi connectivity index (χ2n) is 6.28. The number of aryl methyl sites for hydroxylation is 1. The van der Waals surface area contributed by atoms with E-state index >= 15 is 0 Å². The number of hydrogen-bond acceptors (Lipinski definition) is 4. The van der Waals surface area contributed by atoms with E-state index in [1.54, 1.807) is 12.1 Å². The molecule has 6 heteroatoms. The van der Waals surface area contributed by atoms with Crippen molar-refractivity contribution in [2.24, 2.45) is 5.92 Å². The molecule has 1 aromatic carbocycles. The maximum absolute atomic E-state index is 10.4. The number of benzene rings is 1. The summed E-state index contributed by atoms with van der Waals surface area (Å²) in [5.74, 6) is 0.589. The lowest BCUT2D eigenvalue weighted by Crippen LogP contribution is -2.46. The highest BCUT2D eigenvalue weighted by molar-refractivity contribution is 7.85. The van der Waals surface area contributed by atoms with E-state index in [9.17, 15) is 13.0 Å². The molecule has 1 N–H and O–H groups in total. The van der Waals surface area contributed by atoms with Crippen LogP contribution in [0.25, 0.3) is 0 Å². The Balaban J connectivity index is 0.000000211. The van der Waals surface area contributed by atoms with Crippen LogP contribution in [0.4, 0.5) is 0 Å². The first kappa shape index (κ1) is 18.1. The molecule has 0 radical (unpaired) electrons. The summed E-state index contributed by atoms with van der Waals surface area (Å²) in [6.07, 6.45) is 2.40. The van der Waals surface area contributed by atoms with Gasteiger partial charge in [0.05, 0.1) is 32.1 Å². The molecule has 0 amide bonds. The summed E-state index contributed by atoms with van der Waals surface area (Å²) in [6.45, 7) is 4.66. The van der Waals surface area contributed by atoms with E-state index in [1.807, 2.05) is 6.92 Å². The highest BCUT2D eigenvalue weighted by Crippen LogP contribution is 2.19. The molecule has 5 nitrogen and oxygen atoms in total. The van der Waals surface area contributed by atoms with Crippen LogP contribution in [0.1, 0.15) is 18.4 Å². The van der Waals surface area contributed by atoms with Crippen molar-refractivity contribution < 1.29 is 22.6 Å². The molecule has 0 unspecified atom stereocenters. The molecule has 1 aliphatic heterocycles. The topological polar surface area (TPSA) is 77.4 Å². The van der Waals surface area contributed by atoms with E-state index < -0.39 is 10.1 Å². The molecule has 2 rings (SSSR count). The van der Waals surface area contributed by atoms with E-state index in [0.29, 0.717) is 12.5 Å². The van der Waals surface area contributed by atoms with Gasteiger partial charge in [0, 0.05) is 19.4 Å². The van der Waals surface area contributed by atoms with Gasteiger partial charge in [-0.1, -0.05) is 17.7 Å². The molecule has 1 fully saturated rings. The van der Waals surface area contributed by atoms with Crippen LogP contribution in [0.5, 0.6) is 0 Å². The van der Waals surface area contributed by atoms with E-state index in [0.717, 1.165) is 10.0 Å². The van der Waals surface area contributed by atoms with E-state index in [4.69, 9.17) is 5.11 Å². The van der Waals surface area contributed by atoms with Crippen LogP contribution in [0.2, 0.25) is 0 Å². The Hall–Kier alpha value is -0.950. The smallest absolute Gasteiger partial charge is 0.124 e. The van der Waals surface area contributed by atoms with Crippen LogP contribution < -0.4 is 0 Å². The van der Waals surface area contributed by atoms with Crippen molar-refractivity contribution in [1.82, 2.24) is 0 Å². The van der Waals surface area contributed by atoms with Gasteiger partial charge in [-0.3, -0.25) is 0 Å². The fourth-order valence-electron chi connectivity index (χ4n) is 2.21. The van der Waals surface area contributed by atoms with Crippen molar-refractivity contribution in [3.8, 4) is 0 Å². The van der Waals surface area contributed by atoms with Crippen LogP contribution in [0, 0.1) is 12.8 Å². The predicted molar refractivity (Wildman–Crippen MR) is 80.8 cm³/mol. The Kier molecular flexibility index (Phi) is 6.34. The zero-order chi connectivity index (χ0) is 16.1. The molecular weight excluding hydrogens is 290 g/mol. The maximum atomic E-state index is 10.4. The quantitative estimate of drug-likeness (QED) is 0.660. The number of rotatable bonds is 2. The maximum Gasteiger partial charge on any atom is 0.124 e. The zero-order valence-corrected chi connectivity index (χ0v) is 13.8. The number of piperidine rings is 1. The highest BCUT2D eigenvalue weighted by atomic mass is 32.2. The summed E-state index contributed by atoms with van der Waals surface area (Å²) < 4.78 is 32.3. The van der Waals surface area contributed by atoms with Crippen molar-refractivity contribution >= 4 is 10.1 Å². The van der Waals surface area contributed by atoms with Gasteiger partial charge in [-0.05, 0) is 25.0 Å². The third kappa shape index (κ3) is 6.56. The Morgan fingerprint density at radius 2 is 1.67 bits per heavy atom. The zero-order valence-electron chi connectivity index (χ0n) is 12.9. The van der Waals surface area contributed by atoms with Crippen LogP contribution in [-0.2, 0) is 10.1 Å². The summed E-state index contributed by atoms with van der Waals surface area (Å²) in [5.41, 5.74) is 0.928. The van der Waals surface area contributed by atoms with Gasteiger partial charge in [-0.2, -0.15) is 0 Å². The molecule has 0 saturated carbocycles. The van der Waals surface area contributed by atoms with Crippen molar-refractivity contribution in [1.29, 1.82) is 0 Å². The first-order valence-electron chi connectivity index (χ1n) is 7.09. The van der Waals surface area contributed by atoms with Gasteiger partial charge >= 0.3 is 0 Å². The number of nitrogens with zero attached hydrogens (tertiary/aromatic N) is 1. The minimum absolute atomic E-state index is 0.178. The lowest BCUT2D eigenvalue weighted by molar-refractivity contribution is -0.896. The SMILES string of the molecule is C[N+]1(C)CCC(CO)CC1.Cc1ccc(S(=O)(=O)[O-])cc1. The van der Waals surface area contributed by atoms with Gasteiger partial charge in [-0.15, -0.1) is 0 Å². The van der Waals surface area contributed by atoms with Crippen LogP contribution in [-0.4, -0.2) is 56.4 Å². The largest absolute Gasteiger partial charge is 0.744 e. The van der Waals surface area contributed by atoms with E-state index in [2.05, 4.69) is 14.1 Å². The van der Waals surface area contributed by atoms with Gasteiger partial charge < -0.3 is 14.1 Å². The summed E-state index contributed by atoms with van der Waals surface area (Å²) in [5, 5.41) is 8.85. The number of aliphatic hydroxyl groups excluding tert-OH is 1. The Morgan fingerprint density at radius 1 is 1.19 bits per heavy atom. The monoisotopic (exact) mass is 315 g/mol. The molecule has 0 spiro atoms. The second kappa shape index (κ2) is 7.35. The first-order valence-corrected chi connectivity index (χ1v) is 8.50. The molecule has 1 saturated heterocycles. The standard InChI is InChI=1S/C8H18NO.C7H8O3S/c1-9(2)5-3-8(7-10)4-6-9;1-6-2-4-7(5-3-6)11(8,9)10/h8,10H,3-7H2,1-2H3;2-5H,1H3,(H,8,9,10)/q+1;/p-1. The summed E-state index contributed by atoms with van der Waals surface area (Å²) in [6, 6.07) is 5.78. The van der Waals surface area contributed by atoms with Crippen molar-refractivity contribution in [2.45, 2.75) is 24.7 Å². The average Bonchev–Trinajstić information content (AvgIpc) is 2.39. The third-order valence-corrected chi connectivity index (χ3v) is 4.70. The van der Waals surface area contributed by atoms with Crippen LogP contribution >= 0.6 is 0 Å². The van der Waals surface area contributed by atoms with Crippen molar-refractivity contribution in [3.05, 3.63) is 29.8 Å². The summed E-state index contributed by atoms with van der Waals surface area (Å²) in [7, 11) is 0.245. The minimum atomic E-state index is -4.27. The van der Waals surface area contributed by atoms with E-state index in [1.165, 1.54) is 38.1 Å². The van der Waals surface area contributed by atoms with Crippen LogP contribution in [0.15, 0.2) is 29.2 Å². The molecule has 1 aromatic rings. The lowest BCUT2D eigenvalue weighted by Gasteiger charge is -2.36. The minimum Gasteiger partial charge on any atom is -0.744 e. The fourth-order valence-corrected chi connectivity index (χ4v) is 2.68. The van der Waals surface area contributed by atoms with Gasteiger partial charge in [-0.25, -0.2) is 8.42 Å². The van der Waals surface area contributed by atoms with Crippen LogP contribution in [0.3, 0.4) is 0 Å². The molecule has 0 aromatic heterocycles. The van der Waals surface area contributed by atoms with E-state index in [-0.39, 0.29) is 4.90 Å². The van der Waals surface area contributed by atoms with Gasteiger partial charge in [0.2, 0.25) is 0 Å². The van der Waals surface area contributed by atoms with Gasteiger partial charge in [0.25, 0.3) is 0 Å². The number of hydrogen-bond donors (Lipinski definition) is 1. The van der Waals surface area contributed by atoms with Gasteiger partial charge in [0.15, 0.2) is 0 Å². The summed E-state index contributed by atoms with van der Waals surface area (Å²) >= 11 is 0. The normalized spacial score (nSPS) is 18.7. The molecule has 21 heavy (non-hydrogen) atoms. The van der Waals surface area contributed by atoms with Gasteiger partial charge in [0.1, 0.15) is 10.1 Å². The molecular formula is C15H25NO4S. The average molecular weight is 315 g/mol.